The molecular formula is C19H27N3O4. The highest BCUT2D eigenvalue weighted by Crippen LogP contribution is 2.29. The summed E-state index contributed by atoms with van der Waals surface area (Å²) in [6, 6.07) is 6.13. The fraction of sp³-hybridized carbons (Fsp3) is 0.579. The van der Waals surface area contributed by atoms with E-state index in [0.717, 1.165) is 51.0 Å². The van der Waals surface area contributed by atoms with Crippen molar-refractivity contribution in [3.05, 3.63) is 23.8 Å². The van der Waals surface area contributed by atoms with Gasteiger partial charge in [-0.25, -0.2) is 0 Å². The summed E-state index contributed by atoms with van der Waals surface area (Å²) in [5, 5.41) is 0. The van der Waals surface area contributed by atoms with E-state index in [0.29, 0.717) is 29.9 Å². The molecule has 2 N–H and O–H groups in total. The summed E-state index contributed by atoms with van der Waals surface area (Å²) in [7, 11) is 1.58. The second-order valence-corrected chi connectivity index (χ2v) is 6.94. The van der Waals surface area contributed by atoms with Gasteiger partial charge in [0.1, 0.15) is 0 Å². The van der Waals surface area contributed by atoms with Crippen LogP contribution >= 0.6 is 0 Å². The van der Waals surface area contributed by atoms with Gasteiger partial charge >= 0.3 is 0 Å². The van der Waals surface area contributed by atoms with Crippen LogP contribution in [0.1, 0.15) is 31.2 Å². The van der Waals surface area contributed by atoms with Crippen LogP contribution in [0, 0.1) is 0 Å². The molecule has 2 aliphatic rings. The molecule has 2 saturated heterocycles. The molecule has 2 fully saturated rings. The zero-order chi connectivity index (χ0) is 18.5. The third kappa shape index (κ3) is 4.46. The highest BCUT2D eigenvalue weighted by atomic mass is 16.5. The third-order valence-electron chi connectivity index (χ3n) is 5.11. The van der Waals surface area contributed by atoms with Crippen molar-refractivity contribution in [1.29, 1.82) is 0 Å². The predicted octanol–water partition coefficient (Wildman–Crippen LogP) is 1.15. The molecule has 7 heteroatoms. The average Bonchev–Trinajstić information content (AvgIpc) is 3.07. The van der Waals surface area contributed by atoms with Gasteiger partial charge in [0, 0.05) is 38.6 Å². The van der Waals surface area contributed by atoms with Gasteiger partial charge in [-0.2, -0.15) is 0 Å². The fourth-order valence-electron chi connectivity index (χ4n) is 3.78. The normalized spacial score (nSPS) is 19.0. The van der Waals surface area contributed by atoms with Gasteiger partial charge < -0.3 is 20.1 Å². The van der Waals surface area contributed by atoms with E-state index >= 15 is 0 Å². The number of primary amides is 1. The Balaban J connectivity index is 1.54. The van der Waals surface area contributed by atoms with Crippen molar-refractivity contribution in [3.8, 4) is 11.5 Å². The van der Waals surface area contributed by atoms with Crippen LogP contribution in [0.3, 0.4) is 0 Å². The summed E-state index contributed by atoms with van der Waals surface area (Å²) in [5.74, 6) is 0.915. The van der Waals surface area contributed by atoms with E-state index in [1.807, 2.05) is 18.2 Å². The average molecular weight is 361 g/mol. The largest absolute Gasteiger partial charge is 0.493 e. The van der Waals surface area contributed by atoms with Crippen LogP contribution in [0.4, 0.5) is 0 Å². The first-order chi connectivity index (χ1) is 12.6. The number of hydrogen-bond acceptors (Lipinski definition) is 5. The van der Waals surface area contributed by atoms with Crippen LogP contribution in [-0.2, 0) is 16.1 Å². The molecule has 0 unspecified atom stereocenters. The molecule has 0 spiro atoms. The summed E-state index contributed by atoms with van der Waals surface area (Å²) < 4.78 is 10.7. The number of rotatable bonds is 7. The molecular weight excluding hydrogens is 334 g/mol. The van der Waals surface area contributed by atoms with Crippen LogP contribution < -0.4 is 15.2 Å². The van der Waals surface area contributed by atoms with Crippen LogP contribution in [-0.4, -0.2) is 61.0 Å². The molecule has 0 aromatic heterocycles. The summed E-state index contributed by atoms with van der Waals surface area (Å²) in [4.78, 5) is 27.2. The molecule has 0 aliphatic carbocycles. The van der Waals surface area contributed by atoms with Gasteiger partial charge in [0.15, 0.2) is 18.1 Å². The van der Waals surface area contributed by atoms with Crippen LogP contribution in [0.15, 0.2) is 18.2 Å². The number of amides is 2. The number of ether oxygens (including phenoxy) is 2. The van der Waals surface area contributed by atoms with Gasteiger partial charge in [0.25, 0.3) is 5.91 Å². The molecule has 0 bridgehead atoms. The standard InChI is InChI=1S/C19H27N3O4/c1-25-17-11-14(4-5-16(17)26-13-18(20)23)12-21-9-6-15(7-10-21)22-8-2-3-19(22)24/h4-5,11,15H,2-3,6-10,12-13H2,1H3,(H2,20,23). The number of methoxy groups -OCH3 is 1. The zero-order valence-electron chi connectivity index (χ0n) is 15.3. The lowest BCUT2D eigenvalue weighted by molar-refractivity contribution is -0.130. The molecule has 2 heterocycles. The Kier molecular flexibility index (Phi) is 5.98. The maximum Gasteiger partial charge on any atom is 0.255 e. The number of nitrogens with zero attached hydrogens (tertiary/aromatic N) is 2. The molecule has 2 amide bonds. The molecule has 26 heavy (non-hydrogen) atoms. The Morgan fingerprint density at radius 3 is 2.62 bits per heavy atom. The van der Waals surface area contributed by atoms with Crippen molar-refractivity contribution in [2.45, 2.75) is 38.3 Å². The lowest BCUT2D eigenvalue weighted by atomic mass is 10.0. The van der Waals surface area contributed by atoms with Crippen molar-refractivity contribution >= 4 is 11.8 Å². The van der Waals surface area contributed by atoms with Gasteiger partial charge in [0.2, 0.25) is 5.91 Å². The predicted molar refractivity (Wildman–Crippen MR) is 96.9 cm³/mol. The maximum atomic E-state index is 11.9. The topological polar surface area (TPSA) is 85.1 Å². The Morgan fingerprint density at radius 1 is 1.23 bits per heavy atom. The van der Waals surface area contributed by atoms with Gasteiger partial charge in [0.05, 0.1) is 7.11 Å². The van der Waals surface area contributed by atoms with Crippen molar-refractivity contribution in [1.82, 2.24) is 9.80 Å². The first-order valence-electron chi connectivity index (χ1n) is 9.16. The van der Waals surface area contributed by atoms with E-state index in [1.165, 1.54) is 0 Å². The minimum atomic E-state index is -0.518. The summed E-state index contributed by atoms with van der Waals surface area (Å²) in [6.07, 6.45) is 3.78. The molecule has 0 atom stereocenters. The number of carbonyl (C=O) groups is 2. The molecule has 2 aliphatic heterocycles. The molecule has 1 aromatic rings. The first-order valence-corrected chi connectivity index (χ1v) is 9.16. The van der Waals surface area contributed by atoms with Crippen LogP contribution in [0.2, 0.25) is 0 Å². The zero-order valence-corrected chi connectivity index (χ0v) is 15.3. The Hall–Kier alpha value is -2.28. The van der Waals surface area contributed by atoms with Crippen molar-refractivity contribution in [3.63, 3.8) is 0 Å². The van der Waals surface area contributed by atoms with Gasteiger partial charge in [-0.1, -0.05) is 6.07 Å². The molecule has 0 radical (unpaired) electrons. The number of carbonyl (C=O) groups excluding carboxylic acids is 2. The minimum absolute atomic E-state index is 0.168. The molecule has 142 valence electrons. The lowest BCUT2D eigenvalue weighted by Gasteiger charge is -2.36. The highest BCUT2D eigenvalue weighted by molar-refractivity contribution is 5.78. The molecule has 1 aromatic carbocycles. The quantitative estimate of drug-likeness (QED) is 0.787. The van der Waals surface area contributed by atoms with Gasteiger partial charge in [-0.15, -0.1) is 0 Å². The van der Waals surface area contributed by atoms with Crippen molar-refractivity contribution in [2.24, 2.45) is 5.73 Å². The maximum absolute atomic E-state index is 11.9. The van der Waals surface area contributed by atoms with E-state index in [1.54, 1.807) is 7.11 Å². The Labute approximate surface area is 154 Å². The van der Waals surface area contributed by atoms with Crippen molar-refractivity contribution < 1.29 is 19.1 Å². The second-order valence-electron chi connectivity index (χ2n) is 6.94. The van der Waals surface area contributed by atoms with Crippen molar-refractivity contribution in [2.75, 3.05) is 33.4 Å². The highest BCUT2D eigenvalue weighted by Gasteiger charge is 2.30. The van der Waals surface area contributed by atoms with E-state index in [2.05, 4.69) is 9.80 Å². The number of likely N-dealkylation sites (tertiary alicyclic amines) is 2. The van der Waals surface area contributed by atoms with E-state index in [4.69, 9.17) is 15.2 Å². The number of nitrogens with two attached hydrogens (primary N) is 1. The molecule has 3 rings (SSSR count). The smallest absolute Gasteiger partial charge is 0.255 e. The molecule has 7 nitrogen and oxygen atoms in total. The summed E-state index contributed by atoms with van der Waals surface area (Å²) >= 11 is 0. The Bertz CT molecular complexity index is 656. The SMILES string of the molecule is COc1cc(CN2CCC(N3CCCC3=O)CC2)ccc1OCC(N)=O. The van der Waals surface area contributed by atoms with Gasteiger partial charge in [-0.3, -0.25) is 14.5 Å². The minimum Gasteiger partial charge on any atom is -0.493 e. The summed E-state index contributed by atoms with van der Waals surface area (Å²) in [6.45, 7) is 3.55. The monoisotopic (exact) mass is 361 g/mol. The second kappa shape index (κ2) is 8.40. The Morgan fingerprint density at radius 2 is 2.00 bits per heavy atom. The third-order valence-corrected chi connectivity index (χ3v) is 5.11. The van der Waals surface area contributed by atoms with E-state index in [-0.39, 0.29) is 6.61 Å². The van der Waals surface area contributed by atoms with E-state index < -0.39 is 5.91 Å². The van der Waals surface area contributed by atoms with Gasteiger partial charge in [-0.05, 0) is 37.0 Å². The van der Waals surface area contributed by atoms with Crippen LogP contribution in [0.5, 0.6) is 11.5 Å². The fourth-order valence-corrected chi connectivity index (χ4v) is 3.78. The number of benzene rings is 1. The van der Waals surface area contributed by atoms with E-state index in [9.17, 15) is 9.59 Å². The molecule has 0 saturated carbocycles. The van der Waals surface area contributed by atoms with Crippen LogP contribution in [0.25, 0.3) is 0 Å². The number of hydrogen-bond donors (Lipinski definition) is 1. The number of piperidine rings is 1. The first kappa shape index (κ1) is 18.5. The lowest BCUT2D eigenvalue weighted by Crippen LogP contribution is -2.45. The summed E-state index contributed by atoms with van der Waals surface area (Å²) in [5.41, 5.74) is 6.24.